The Hall–Kier alpha value is -2.40. The number of ether oxygens (including phenoxy) is 1. The third-order valence-electron chi connectivity index (χ3n) is 3.22. The molecule has 0 aliphatic heterocycles. The molecular formula is C16H17NO4. The first kappa shape index (κ1) is 15.0. The molecule has 0 saturated carbocycles. The maximum Gasteiger partial charge on any atom is 0.269 e. The summed E-state index contributed by atoms with van der Waals surface area (Å²) < 4.78 is 5.71. The molecule has 1 atom stereocenters. The molecule has 1 N–H and O–H groups in total. The molecule has 110 valence electrons. The Morgan fingerprint density at radius 3 is 2.43 bits per heavy atom. The Kier molecular flexibility index (Phi) is 4.55. The predicted molar refractivity (Wildman–Crippen MR) is 79.2 cm³/mol. The van der Waals surface area contributed by atoms with Gasteiger partial charge >= 0.3 is 0 Å². The van der Waals surface area contributed by atoms with E-state index >= 15 is 0 Å². The topological polar surface area (TPSA) is 72.6 Å². The molecule has 5 nitrogen and oxygen atoms in total. The minimum atomic E-state index is -0.507. The van der Waals surface area contributed by atoms with Crippen molar-refractivity contribution in [2.24, 2.45) is 0 Å². The Bertz CT molecular complexity index is 635. The van der Waals surface area contributed by atoms with Crippen LogP contribution in [-0.2, 0) is 6.61 Å². The first-order chi connectivity index (χ1) is 9.97. The number of nitro benzene ring substituents is 1. The molecular weight excluding hydrogens is 270 g/mol. The summed E-state index contributed by atoms with van der Waals surface area (Å²) in [7, 11) is 0. The van der Waals surface area contributed by atoms with Crippen LogP contribution in [0.25, 0.3) is 0 Å². The first-order valence-corrected chi connectivity index (χ1v) is 6.62. The minimum absolute atomic E-state index is 0.0659. The van der Waals surface area contributed by atoms with Crippen molar-refractivity contribution in [3.63, 3.8) is 0 Å². The second-order valence-electron chi connectivity index (χ2n) is 4.91. The van der Waals surface area contributed by atoms with Gasteiger partial charge in [-0.3, -0.25) is 10.1 Å². The molecule has 2 aromatic rings. The molecule has 0 fully saturated rings. The quantitative estimate of drug-likeness (QED) is 0.674. The van der Waals surface area contributed by atoms with Gasteiger partial charge in [0.25, 0.3) is 5.69 Å². The maximum atomic E-state index is 10.6. The highest BCUT2D eigenvalue weighted by atomic mass is 16.6. The number of nitrogens with zero attached hydrogens (tertiary/aromatic N) is 1. The number of hydrogen-bond donors (Lipinski definition) is 1. The van der Waals surface area contributed by atoms with Gasteiger partial charge in [-0.2, -0.15) is 0 Å². The van der Waals surface area contributed by atoms with Crippen LogP contribution in [0.3, 0.4) is 0 Å². The summed E-state index contributed by atoms with van der Waals surface area (Å²) in [6, 6.07) is 11.8. The van der Waals surface area contributed by atoms with Gasteiger partial charge in [0.1, 0.15) is 12.4 Å². The van der Waals surface area contributed by atoms with Gasteiger partial charge in [-0.1, -0.05) is 6.07 Å². The third kappa shape index (κ3) is 3.79. The van der Waals surface area contributed by atoms with E-state index < -0.39 is 11.0 Å². The molecule has 0 spiro atoms. The summed E-state index contributed by atoms with van der Waals surface area (Å²) in [5, 5.41) is 20.1. The molecule has 2 rings (SSSR count). The normalized spacial score (nSPS) is 12.0. The molecule has 0 aromatic heterocycles. The zero-order valence-corrected chi connectivity index (χ0v) is 11.9. The average Bonchev–Trinajstić information content (AvgIpc) is 2.46. The van der Waals surface area contributed by atoms with Crippen molar-refractivity contribution in [1.82, 2.24) is 0 Å². The molecule has 0 saturated heterocycles. The van der Waals surface area contributed by atoms with Gasteiger partial charge in [-0.15, -0.1) is 0 Å². The number of aliphatic hydroxyl groups excluding tert-OH is 1. The van der Waals surface area contributed by atoms with E-state index in [1.807, 2.05) is 25.1 Å². The van der Waals surface area contributed by atoms with Crippen molar-refractivity contribution in [2.45, 2.75) is 26.6 Å². The van der Waals surface area contributed by atoms with Crippen molar-refractivity contribution in [3.05, 3.63) is 69.3 Å². The van der Waals surface area contributed by atoms with E-state index in [0.29, 0.717) is 6.61 Å². The highest BCUT2D eigenvalue weighted by molar-refractivity contribution is 5.37. The van der Waals surface area contributed by atoms with Gasteiger partial charge in [-0.05, 0) is 54.8 Å². The summed E-state index contributed by atoms with van der Waals surface area (Å²) in [6.07, 6.45) is -0.507. The SMILES string of the molecule is Cc1cc([C@@H](C)O)ccc1OCc1ccc([N+](=O)[O-])cc1. The van der Waals surface area contributed by atoms with Crippen LogP contribution in [0.2, 0.25) is 0 Å². The molecule has 0 unspecified atom stereocenters. The van der Waals surface area contributed by atoms with E-state index in [2.05, 4.69) is 0 Å². The predicted octanol–water partition coefficient (Wildman–Crippen LogP) is 3.54. The fourth-order valence-electron chi connectivity index (χ4n) is 1.97. The summed E-state index contributed by atoms with van der Waals surface area (Å²) >= 11 is 0. The molecule has 0 bridgehead atoms. The van der Waals surface area contributed by atoms with E-state index in [-0.39, 0.29) is 5.69 Å². The maximum absolute atomic E-state index is 10.6. The van der Waals surface area contributed by atoms with Crippen molar-refractivity contribution < 1.29 is 14.8 Å². The van der Waals surface area contributed by atoms with Gasteiger partial charge < -0.3 is 9.84 Å². The smallest absolute Gasteiger partial charge is 0.269 e. The highest BCUT2D eigenvalue weighted by Gasteiger charge is 2.07. The van der Waals surface area contributed by atoms with Crippen LogP contribution in [0.15, 0.2) is 42.5 Å². The molecule has 5 heteroatoms. The van der Waals surface area contributed by atoms with Crippen LogP contribution < -0.4 is 4.74 Å². The molecule has 0 aliphatic carbocycles. The number of aliphatic hydroxyl groups is 1. The molecule has 0 radical (unpaired) electrons. The van der Waals surface area contributed by atoms with E-state index in [4.69, 9.17) is 4.74 Å². The van der Waals surface area contributed by atoms with Crippen LogP contribution in [0.4, 0.5) is 5.69 Å². The monoisotopic (exact) mass is 287 g/mol. The third-order valence-corrected chi connectivity index (χ3v) is 3.22. The number of aryl methyl sites for hydroxylation is 1. The van der Waals surface area contributed by atoms with E-state index in [9.17, 15) is 15.2 Å². The Labute approximate surface area is 123 Å². The number of nitro groups is 1. The summed E-state index contributed by atoms with van der Waals surface area (Å²) in [6.45, 7) is 3.97. The lowest BCUT2D eigenvalue weighted by molar-refractivity contribution is -0.384. The van der Waals surface area contributed by atoms with Crippen molar-refractivity contribution in [1.29, 1.82) is 0 Å². The van der Waals surface area contributed by atoms with Gasteiger partial charge in [0.2, 0.25) is 0 Å². The molecule has 0 aliphatic rings. The lowest BCUT2D eigenvalue weighted by Gasteiger charge is -2.12. The van der Waals surface area contributed by atoms with Crippen LogP contribution in [0, 0.1) is 17.0 Å². The zero-order chi connectivity index (χ0) is 15.4. The van der Waals surface area contributed by atoms with E-state index in [1.54, 1.807) is 19.1 Å². The molecule has 2 aromatic carbocycles. The number of rotatable bonds is 5. The summed E-state index contributed by atoms with van der Waals surface area (Å²) in [5.74, 6) is 0.734. The van der Waals surface area contributed by atoms with Crippen molar-refractivity contribution in [2.75, 3.05) is 0 Å². The van der Waals surface area contributed by atoms with Crippen molar-refractivity contribution >= 4 is 5.69 Å². The van der Waals surface area contributed by atoms with Gasteiger partial charge in [-0.25, -0.2) is 0 Å². The van der Waals surface area contributed by atoms with E-state index in [0.717, 1.165) is 22.4 Å². The molecule has 0 amide bonds. The first-order valence-electron chi connectivity index (χ1n) is 6.62. The Morgan fingerprint density at radius 1 is 1.24 bits per heavy atom. The van der Waals surface area contributed by atoms with Crippen LogP contribution >= 0.6 is 0 Å². The van der Waals surface area contributed by atoms with Gasteiger partial charge in [0, 0.05) is 12.1 Å². The minimum Gasteiger partial charge on any atom is -0.489 e. The fraction of sp³-hybridized carbons (Fsp3) is 0.250. The number of hydrogen-bond acceptors (Lipinski definition) is 4. The highest BCUT2D eigenvalue weighted by Crippen LogP contribution is 2.23. The Balaban J connectivity index is 2.04. The second-order valence-corrected chi connectivity index (χ2v) is 4.91. The zero-order valence-electron chi connectivity index (χ0n) is 11.9. The van der Waals surface area contributed by atoms with Gasteiger partial charge in [0.15, 0.2) is 0 Å². The standard InChI is InChI=1S/C16H17NO4/c1-11-9-14(12(2)18)5-8-16(11)21-10-13-3-6-15(7-4-13)17(19)20/h3-9,12,18H,10H2,1-2H3/t12-/m1/s1. The summed E-state index contributed by atoms with van der Waals surface area (Å²) in [5.41, 5.74) is 2.71. The van der Waals surface area contributed by atoms with E-state index in [1.165, 1.54) is 12.1 Å². The molecule has 21 heavy (non-hydrogen) atoms. The number of benzene rings is 2. The van der Waals surface area contributed by atoms with Gasteiger partial charge in [0.05, 0.1) is 11.0 Å². The largest absolute Gasteiger partial charge is 0.489 e. The van der Waals surface area contributed by atoms with Crippen LogP contribution in [-0.4, -0.2) is 10.0 Å². The van der Waals surface area contributed by atoms with Crippen LogP contribution in [0.5, 0.6) is 5.75 Å². The Morgan fingerprint density at radius 2 is 1.90 bits per heavy atom. The second kappa shape index (κ2) is 6.37. The van der Waals surface area contributed by atoms with Crippen molar-refractivity contribution in [3.8, 4) is 5.75 Å². The fourth-order valence-corrected chi connectivity index (χ4v) is 1.97. The van der Waals surface area contributed by atoms with Crippen LogP contribution in [0.1, 0.15) is 29.7 Å². The number of non-ortho nitro benzene ring substituents is 1. The summed E-state index contributed by atoms with van der Waals surface area (Å²) in [4.78, 5) is 10.1. The lowest BCUT2D eigenvalue weighted by atomic mass is 10.1. The average molecular weight is 287 g/mol. The lowest BCUT2D eigenvalue weighted by Crippen LogP contribution is -1.99. The molecule has 0 heterocycles.